The molecule has 1 aromatic rings. The fourth-order valence-corrected chi connectivity index (χ4v) is 3.32. The minimum Gasteiger partial charge on any atom is -0.352 e. The van der Waals surface area contributed by atoms with Crippen LogP contribution in [0.5, 0.6) is 0 Å². The van der Waals surface area contributed by atoms with Gasteiger partial charge in [-0.3, -0.25) is 9.10 Å². The van der Waals surface area contributed by atoms with Crippen molar-refractivity contribution in [3.63, 3.8) is 0 Å². The highest BCUT2D eigenvalue weighted by Gasteiger charge is 2.14. The third-order valence-electron chi connectivity index (χ3n) is 4.35. The quantitative estimate of drug-likeness (QED) is 0.758. The molecule has 1 aliphatic heterocycles. The molecule has 134 valence electrons. The molecule has 1 aromatic carbocycles. The zero-order valence-electron chi connectivity index (χ0n) is 14.5. The monoisotopic (exact) mass is 353 g/mol. The van der Waals surface area contributed by atoms with Gasteiger partial charge in [0.15, 0.2) is 0 Å². The van der Waals surface area contributed by atoms with E-state index in [9.17, 15) is 13.2 Å². The molecule has 1 heterocycles. The Morgan fingerprint density at radius 3 is 2.62 bits per heavy atom. The van der Waals surface area contributed by atoms with E-state index in [0.717, 1.165) is 32.3 Å². The lowest BCUT2D eigenvalue weighted by atomic mass is 10.1. The second-order valence-corrected chi connectivity index (χ2v) is 8.31. The van der Waals surface area contributed by atoms with Crippen LogP contribution in [0.2, 0.25) is 0 Å². The topological polar surface area (TPSA) is 69.7 Å². The van der Waals surface area contributed by atoms with Crippen LogP contribution in [0.4, 0.5) is 5.69 Å². The van der Waals surface area contributed by atoms with Crippen LogP contribution in [0.25, 0.3) is 0 Å². The van der Waals surface area contributed by atoms with Crippen molar-refractivity contribution in [2.75, 3.05) is 43.8 Å². The van der Waals surface area contributed by atoms with Crippen molar-refractivity contribution in [1.29, 1.82) is 0 Å². The Morgan fingerprint density at radius 1 is 1.25 bits per heavy atom. The number of hydrogen-bond acceptors (Lipinski definition) is 4. The third-order valence-corrected chi connectivity index (χ3v) is 5.56. The van der Waals surface area contributed by atoms with E-state index >= 15 is 0 Å². The molecule has 1 N–H and O–H groups in total. The molecule has 1 fully saturated rings. The molecule has 0 radical (unpaired) electrons. The average molecular weight is 353 g/mol. The average Bonchev–Trinajstić information content (AvgIpc) is 2.58. The molecule has 7 heteroatoms. The van der Waals surface area contributed by atoms with Gasteiger partial charge < -0.3 is 10.2 Å². The predicted octanol–water partition coefficient (Wildman–Crippen LogP) is 1.69. The highest BCUT2D eigenvalue weighted by molar-refractivity contribution is 7.92. The number of hydrogen-bond donors (Lipinski definition) is 1. The largest absolute Gasteiger partial charge is 0.352 e. The number of rotatable bonds is 7. The lowest BCUT2D eigenvalue weighted by Crippen LogP contribution is -2.33. The molecular weight excluding hydrogens is 326 g/mol. The summed E-state index contributed by atoms with van der Waals surface area (Å²) in [7, 11) is -1.86. The second-order valence-electron chi connectivity index (χ2n) is 6.29. The van der Waals surface area contributed by atoms with Gasteiger partial charge >= 0.3 is 0 Å². The van der Waals surface area contributed by atoms with Gasteiger partial charge in [-0.2, -0.15) is 0 Å². The molecule has 1 saturated heterocycles. The number of nitrogens with one attached hydrogen (secondary N) is 1. The Hall–Kier alpha value is -1.60. The van der Waals surface area contributed by atoms with Gasteiger partial charge in [-0.15, -0.1) is 0 Å². The molecule has 2 rings (SSSR count). The third kappa shape index (κ3) is 5.49. The summed E-state index contributed by atoms with van der Waals surface area (Å²) in [6.45, 7) is 3.96. The fraction of sp³-hybridized carbons (Fsp3) is 0.588. The molecule has 0 atom stereocenters. The standard InChI is InChI=1S/C17H27N3O3S/c1-19(24(2,22)23)16-9-6-8-15(14-16)17(21)18-10-7-13-20-11-4-3-5-12-20/h6,8-9,14H,3-5,7,10-13H2,1-2H3,(H,18,21). The first-order valence-electron chi connectivity index (χ1n) is 8.42. The lowest BCUT2D eigenvalue weighted by Gasteiger charge is -2.26. The first kappa shape index (κ1) is 18.7. The van der Waals surface area contributed by atoms with E-state index in [4.69, 9.17) is 0 Å². The van der Waals surface area contributed by atoms with E-state index in [0.29, 0.717) is 17.8 Å². The molecule has 6 nitrogen and oxygen atoms in total. The smallest absolute Gasteiger partial charge is 0.251 e. The van der Waals surface area contributed by atoms with Gasteiger partial charge in [-0.1, -0.05) is 12.5 Å². The van der Waals surface area contributed by atoms with E-state index in [-0.39, 0.29) is 5.91 Å². The summed E-state index contributed by atoms with van der Waals surface area (Å²) >= 11 is 0. The van der Waals surface area contributed by atoms with E-state index < -0.39 is 10.0 Å². The number of benzene rings is 1. The number of likely N-dealkylation sites (tertiary alicyclic amines) is 1. The van der Waals surface area contributed by atoms with Gasteiger partial charge in [0.2, 0.25) is 10.0 Å². The van der Waals surface area contributed by atoms with Gasteiger partial charge in [0.05, 0.1) is 11.9 Å². The predicted molar refractivity (Wildman–Crippen MR) is 96.9 cm³/mol. The van der Waals surface area contributed by atoms with Crippen molar-refractivity contribution >= 4 is 21.6 Å². The summed E-state index contributed by atoms with van der Waals surface area (Å²) in [6.07, 6.45) is 5.93. The number of sulfonamides is 1. The Morgan fingerprint density at radius 2 is 1.96 bits per heavy atom. The second kappa shape index (κ2) is 8.48. The molecule has 0 aromatic heterocycles. The zero-order chi connectivity index (χ0) is 17.6. The Labute approximate surface area is 144 Å². The number of amides is 1. The molecule has 0 spiro atoms. The summed E-state index contributed by atoms with van der Waals surface area (Å²) in [5, 5.41) is 2.91. The maximum Gasteiger partial charge on any atom is 0.251 e. The molecule has 0 unspecified atom stereocenters. The van der Waals surface area contributed by atoms with Crippen LogP contribution in [0, 0.1) is 0 Å². The summed E-state index contributed by atoms with van der Waals surface area (Å²) < 4.78 is 24.4. The van der Waals surface area contributed by atoms with Crippen molar-refractivity contribution < 1.29 is 13.2 Å². The van der Waals surface area contributed by atoms with Crippen LogP contribution in [0.15, 0.2) is 24.3 Å². The Balaban J connectivity index is 1.83. The van der Waals surface area contributed by atoms with Crippen LogP contribution in [-0.2, 0) is 10.0 Å². The van der Waals surface area contributed by atoms with Gasteiger partial charge in [-0.05, 0) is 57.1 Å². The molecule has 0 saturated carbocycles. The minimum absolute atomic E-state index is 0.169. The van der Waals surface area contributed by atoms with Crippen molar-refractivity contribution in [2.45, 2.75) is 25.7 Å². The fourth-order valence-electron chi connectivity index (χ4n) is 2.82. The number of carbonyl (C=O) groups excluding carboxylic acids is 1. The van der Waals surface area contributed by atoms with Crippen LogP contribution in [0.1, 0.15) is 36.0 Å². The SMILES string of the molecule is CN(c1cccc(C(=O)NCCCN2CCCCC2)c1)S(C)(=O)=O. The molecule has 1 aliphatic rings. The summed E-state index contributed by atoms with van der Waals surface area (Å²) in [5.74, 6) is -0.169. The van der Waals surface area contributed by atoms with Gasteiger partial charge in [-0.25, -0.2) is 8.42 Å². The maximum atomic E-state index is 12.2. The molecule has 0 aliphatic carbocycles. The van der Waals surface area contributed by atoms with Crippen molar-refractivity contribution in [1.82, 2.24) is 10.2 Å². The lowest BCUT2D eigenvalue weighted by molar-refractivity contribution is 0.0951. The summed E-state index contributed by atoms with van der Waals surface area (Å²) in [4.78, 5) is 14.7. The van der Waals surface area contributed by atoms with E-state index in [2.05, 4.69) is 10.2 Å². The Kier molecular flexibility index (Phi) is 6.62. The van der Waals surface area contributed by atoms with Crippen molar-refractivity contribution in [2.24, 2.45) is 0 Å². The van der Waals surface area contributed by atoms with Crippen LogP contribution in [0.3, 0.4) is 0 Å². The highest BCUT2D eigenvalue weighted by atomic mass is 32.2. The van der Waals surface area contributed by atoms with Crippen molar-refractivity contribution in [3.8, 4) is 0 Å². The Bertz CT molecular complexity index is 655. The zero-order valence-corrected chi connectivity index (χ0v) is 15.3. The van der Waals surface area contributed by atoms with Crippen LogP contribution < -0.4 is 9.62 Å². The molecular formula is C17H27N3O3S. The van der Waals surface area contributed by atoms with Crippen LogP contribution in [-0.4, -0.2) is 58.7 Å². The number of carbonyl (C=O) groups is 1. The highest BCUT2D eigenvalue weighted by Crippen LogP contribution is 2.17. The van der Waals surface area contributed by atoms with E-state index in [1.54, 1.807) is 24.3 Å². The first-order chi connectivity index (χ1) is 11.4. The maximum absolute atomic E-state index is 12.2. The summed E-state index contributed by atoms with van der Waals surface area (Å²) in [6, 6.07) is 6.66. The van der Waals surface area contributed by atoms with Crippen LogP contribution >= 0.6 is 0 Å². The number of nitrogens with zero attached hydrogens (tertiary/aromatic N) is 2. The number of piperidine rings is 1. The molecule has 0 bridgehead atoms. The van der Waals surface area contributed by atoms with Gasteiger partial charge in [0.1, 0.15) is 0 Å². The normalized spacial score (nSPS) is 15.9. The number of anilines is 1. The minimum atomic E-state index is -3.34. The van der Waals surface area contributed by atoms with Gasteiger partial charge in [0.25, 0.3) is 5.91 Å². The van der Waals surface area contributed by atoms with E-state index in [1.165, 1.54) is 30.6 Å². The molecule has 1 amide bonds. The molecule has 24 heavy (non-hydrogen) atoms. The van der Waals surface area contributed by atoms with Crippen molar-refractivity contribution in [3.05, 3.63) is 29.8 Å². The first-order valence-corrected chi connectivity index (χ1v) is 10.3. The summed E-state index contributed by atoms with van der Waals surface area (Å²) in [5.41, 5.74) is 0.958. The van der Waals surface area contributed by atoms with E-state index in [1.807, 2.05) is 0 Å². The van der Waals surface area contributed by atoms with Gasteiger partial charge in [0, 0.05) is 19.2 Å².